The van der Waals surface area contributed by atoms with E-state index in [4.69, 9.17) is 9.73 Å². The lowest BCUT2D eigenvalue weighted by molar-refractivity contribution is -0.133. The number of phenolic OH excluding ortho intramolecular Hbond substituents is 1. The van der Waals surface area contributed by atoms with Gasteiger partial charge in [-0.25, -0.2) is 8.78 Å². The molecule has 3 aliphatic heterocycles. The van der Waals surface area contributed by atoms with Gasteiger partial charge in [0, 0.05) is 44.7 Å². The maximum atomic E-state index is 15.5. The van der Waals surface area contributed by atoms with Crippen LogP contribution in [0.4, 0.5) is 8.78 Å². The molecule has 8 nitrogen and oxygen atoms in total. The first-order valence-corrected chi connectivity index (χ1v) is 13.0. The van der Waals surface area contributed by atoms with Crippen LogP contribution in [-0.2, 0) is 16.0 Å². The fraction of sp³-hybridized carbons (Fsp3) is 0.393. The smallest absolute Gasteiger partial charge is 0.237 e. The largest absolute Gasteiger partial charge is 0.505 e. The number of benzene rings is 2. The number of fused-ring (bicyclic) bond motifs is 1. The monoisotopic (exact) mass is 521 g/mol. The lowest BCUT2D eigenvalue weighted by atomic mass is 9.95. The summed E-state index contributed by atoms with van der Waals surface area (Å²) in [4.78, 5) is 21.7. The lowest BCUT2D eigenvalue weighted by Gasteiger charge is -2.31. The molecule has 0 atom stereocenters. The number of aliphatic imine (C=N–C) groups is 1. The zero-order valence-electron chi connectivity index (χ0n) is 21.2. The molecule has 3 aliphatic rings. The second kappa shape index (κ2) is 9.92. The van der Waals surface area contributed by atoms with Gasteiger partial charge in [-0.2, -0.15) is 5.10 Å². The third-order valence-corrected chi connectivity index (χ3v) is 7.63. The molecule has 0 aliphatic carbocycles. The molecule has 6 rings (SSSR count). The quantitative estimate of drug-likeness (QED) is 0.533. The van der Waals surface area contributed by atoms with E-state index in [1.807, 2.05) is 11.8 Å². The first kappa shape index (κ1) is 24.7. The Labute approximate surface area is 218 Å². The number of hydrogen-bond acceptors (Lipinski definition) is 6. The third kappa shape index (κ3) is 4.48. The number of aryl methyl sites for hydroxylation is 1. The van der Waals surface area contributed by atoms with E-state index in [1.165, 1.54) is 18.2 Å². The van der Waals surface area contributed by atoms with Crippen molar-refractivity contribution in [2.24, 2.45) is 4.99 Å². The standard InChI is InChI=1S/C28H29F2N5O3/c1-2-16-12-25(36)20(29)13-19(16)17-9-21(30)27-23(10-17)32-33-28(27)24-11-18-14-35(4-3-22(18)31-24)26(37)15-34-5-7-38-8-6-34/h9-10,12-13,36H,2-8,11,14-15H2,1H3,(H,32,33). The van der Waals surface area contributed by atoms with Gasteiger partial charge in [0.05, 0.1) is 36.4 Å². The number of halogens is 2. The highest BCUT2D eigenvalue weighted by Crippen LogP contribution is 2.36. The van der Waals surface area contributed by atoms with E-state index in [0.717, 1.165) is 24.4 Å². The fourth-order valence-corrected chi connectivity index (χ4v) is 5.55. The molecule has 0 spiro atoms. The predicted octanol–water partition coefficient (Wildman–Crippen LogP) is 3.79. The molecule has 1 saturated heterocycles. The SMILES string of the molecule is CCc1cc(O)c(F)cc1-c1cc(F)c2c(C3=NC4=C(C3)CN(C(=O)CN3CCOCC3)CC4)n[nH]c2c1. The molecule has 0 radical (unpaired) electrons. The van der Waals surface area contributed by atoms with E-state index in [2.05, 4.69) is 15.1 Å². The minimum atomic E-state index is -0.752. The van der Waals surface area contributed by atoms with E-state index in [-0.39, 0.29) is 5.91 Å². The molecule has 1 aromatic heterocycles. The van der Waals surface area contributed by atoms with Crippen LogP contribution in [0.15, 0.2) is 40.5 Å². The van der Waals surface area contributed by atoms with Crippen molar-refractivity contribution >= 4 is 22.5 Å². The molecule has 38 heavy (non-hydrogen) atoms. The molecule has 0 unspecified atom stereocenters. The van der Waals surface area contributed by atoms with Crippen molar-refractivity contribution in [1.82, 2.24) is 20.0 Å². The molecular formula is C28H29F2N5O3. The number of carbonyl (C=O) groups is 1. The Morgan fingerprint density at radius 2 is 1.95 bits per heavy atom. The Bertz CT molecular complexity index is 1490. The van der Waals surface area contributed by atoms with Gasteiger partial charge in [-0.3, -0.25) is 19.8 Å². The van der Waals surface area contributed by atoms with Crippen molar-refractivity contribution < 1.29 is 23.4 Å². The summed E-state index contributed by atoms with van der Waals surface area (Å²) in [6.07, 6.45) is 1.73. The Kier molecular flexibility index (Phi) is 6.45. The number of nitrogens with zero attached hydrogens (tertiary/aromatic N) is 4. The van der Waals surface area contributed by atoms with Gasteiger partial charge < -0.3 is 14.7 Å². The summed E-state index contributed by atoms with van der Waals surface area (Å²) in [5.74, 6) is -1.55. The van der Waals surface area contributed by atoms with Gasteiger partial charge in [0.2, 0.25) is 5.91 Å². The van der Waals surface area contributed by atoms with Crippen LogP contribution < -0.4 is 0 Å². The lowest BCUT2D eigenvalue weighted by Crippen LogP contribution is -2.46. The van der Waals surface area contributed by atoms with Gasteiger partial charge in [-0.05, 0) is 52.9 Å². The zero-order valence-corrected chi connectivity index (χ0v) is 21.2. The molecule has 2 aromatic carbocycles. The Morgan fingerprint density at radius 3 is 2.74 bits per heavy atom. The second-order valence-electron chi connectivity index (χ2n) is 10.0. The van der Waals surface area contributed by atoms with Gasteiger partial charge in [0.1, 0.15) is 11.5 Å². The number of phenols is 1. The maximum Gasteiger partial charge on any atom is 0.237 e. The number of hydrogen-bond donors (Lipinski definition) is 2. The highest BCUT2D eigenvalue weighted by atomic mass is 19.1. The van der Waals surface area contributed by atoms with Gasteiger partial charge in [-0.1, -0.05) is 6.92 Å². The van der Waals surface area contributed by atoms with E-state index in [1.54, 1.807) is 6.07 Å². The first-order chi connectivity index (χ1) is 18.4. The van der Waals surface area contributed by atoms with Crippen LogP contribution in [-0.4, -0.2) is 82.7 Å². The molecule has 0 saturated carbocycles. The number of rotatable bonds is 5. The highest BCUT2D eigenvalue weighted by molar-refractivity contribution is 6.12. The van der Waals surface area contributed by atoms with Crippen molar-refractivity contribution in [1.29, 1.82) is 0 Å². The molecule has 3 aromatic rings. The highest BCUT2D eigenvalue weighted by Gasteiger charge is 2.30. The topological polar surface area (TPSA) is 94.1 Å². The molecule has 1 amide bonds. The zero-order chi connectivity index (χ0) is 26.4. The molecule has 0 bridgehead atoms. The van der Waals surface area contributed by atoms with Crippen molar-refractivity contribution in [3.05, 3.63) is 58.4 Å². The number of nitrogens with one attached hydrogen (secondary N) is 1. The summed E-state index contributed by atoms with van der Waals surface area (Å²) in [7, 11) is 0. The molecule has 4 heterocycles. The van der Waals surface area contributed by atoms with Crippen molar-refractivity contribution in [3.63, 3.8) is 0 Å². The van der Waals surface area contributed by atoms with E-state index >= 15 is 4.39 Å². The third-order valence-electron chi connectivity index (χ3n) is 7.63. The Morgan fingerprint density at radius 1 is 1.13 bits per heavy atom. The van der Waals surface area contributed by atoms with Gasteiger partial charge >= 0.3 is 0 Å². The Hall–Kier alpha value is -3.63. The van der Waals surface area contributed by atoms with Crippen LogP contribution in [0.5, 0.6) is 5.75 Å². The normalized spacial score (nSPS) is 18.3. The number of H-pyrrole nitrogens is 1. The Balaban J connectivity index is 1.22. The number of aromatic amines is 1. The van der Waals surface area contributed by atoms with Crippen molar-refractivity contribution in [2.75, 3.05) is 45.9 Å². The number of carbonyl (C=O) groups excluding carboxylic acids is 1. The average Bonchev–Trinajstić information content (AvgIpc) is 3.54. The van der Waals surface area contributed by atoms with Gasteiger partial charge in [0.25, 0.3) is 0 Å². The van der Waals surface area contributed by atoms with Gasteiger partial charge in [-0.15, -0.1) is 0 Å². The number of aromatic hydroxyl groups is 1. The van der Waals surface area contributed by atoms with Crippen LogP contribution in [0.25, 0.3) is 22.0 Å². The van der Waals surface area contributed by atoms with E-state index in [0.29, 0.717) is 91.1 Å². The second-order valence-corrected chi connectivity index (χ2v) is 10.0. The van der Waals surface area contributed by atoms with Crippen LogP contribution in [0.2, 0.25) is 0 Å². The number of morpholine rings is 1. The first-order valence-electron chi connectivity index (χ1n) is 13.0. The predicted molar refractivity (Wildman–Crippen MR) is 139 cm³/mol. The number of ether oxygens (including phenoxy) is 1. The summed E-state index contributed by atoms with van der Waals surface area (Å²) in [5.41, 5.74) is 5.39. The molecule has 198 valence electrons. The van der Waals surface area contributed by atoms with Crippen LogP contribution in [0.1, 0.15) is 31.0 Å². The molecule has 1 fully saturated rings. The minimum absolute atomic E-state index is 0.104. The maximum absolute atomic E-state index is 15.5. The summed E-state index contributed by atoms with van der Waals surface area (Å²) >= 11 is 0. The summed E-state index contributed by atoms with van der Waals surface area (Å²) in [5, 5.41) is 17.4. The molecule has 2 N–H and O–H groups in total. The van der Waals surface area contributed by atoms with Crippen LogP contribution in [0, 0.1) is 11.6 Å². The van der Waals surface area contributed by atoms with Gasteiger partial charge in [0.15, 0.2) is 11.6 Å². The fourth-order valence-electron chi connectivity index (χ4n) is 5.55. The summed E-state index contributed by atoms with van der Waals surface area (Å²) in [6, 6.07) is 5.73. The number of aromatic nitrogens is 2. The van der Waals surface area contributed by atoms with Crippen molar-refractivity contribution in [3.8, 4) is 16.9 Å². The van der Waals surface area contributed by atoms with Crippen molar-refractivity contribution in [2.45, 2.75) is 26.2 Å². The summed E-state index contributed by atoms with van der Waals surface area (Å²) in [6.45, 7) is 6.25. The minimum Gasteiger partial charge on any atom is -0.505 e. The number of amides is 1. The van der Waals surface area contributed by atoms with Crippen LogP contribution in [0.3, 0.4) is 0 Å². The van der Waals surface area contributed by atoms with E-state index < -0.39 is 17.4 Å². The van der Waals surface area contributed by atoms with E-state index in [9.17, 15) is 14.3 Å². The summed E-state index contributed by atoms with van der Waals surface area (Å²) < 4.78 is 35.0. The molecule has 10 heteroatoms. The molecular weight excluding hydrogens is 492 g/mol. The van der Waals surface area contributed by atoms with Crippen LogP contribution >= 0.6 is 0 Å². The average molecular weight is 522 g/mol.